The standard InChI is InChI=1S/C22H23ClN4O4S2.3H2O/c1-33(29,30)31-20-16-12-14(17(23)13-18(16)24-22(20)28)6-7-26-8-10-27(11-9-26)21-15-4-2-3-5-19(15)32-25-21;;;/h2-5,12-13,20H,6-11H2,1H3,(H,24,28);3*1H2. The summed E-state index contributed by atoms with van der Waals surface area (Å²) in [5.74, 6) is 0.556. The van der Waals surface area contributed by atoms with Gasteiger partial charge in [0.2, 0.25) is 0 Å². The molecular formula is C22H29ClN4O7S2. The molecule has 11 nitrogen and oxygen atoms in total. The van der Waals surface area contributed by atoms with Crippen LogP contribution in [-0.4, -0.2) is 79.0 Å². The number of nitrogens with one attached hydrogen (secondary N) is 1. The number of rotatable bonds is 6. The van der Waals surface area contributed by atoms with Crippen LogP contribution in [0.3, 0.4) is 0 Å². The van der Waals surface area contributed by atoms with Gasteiger partial charge < -0.3 is 26.6 Å². The highest BCUT2D eigenvalue weighted by Gasteiger charge is 2.35. The first kappa shape index (κ1) is 29.9. The smallest absolute Gasteiger partial charge is 0.265 e. The van der Waals surface area contributed by atoms with Crippen LogP contribution >= 0.6 is 23.1 Å². The molecule has 2 aliphatic heterocycles. The molecule has 7 N–H and O–H groups in total. The van der Waals surface area contributed by atoms with E-state index in [1.54, 1.807) is 12.1 Å². The molecule has 2 aliphatic rings. The first-order chi connectivity index (χ1) is 15.8. The molecule has 1 unspecified atom stereocenters. The van der Waals surface area contributed by atoms with Crippen LogP contribution in [0.2, 0.25) is 5.02 Å². The maximum atomic E-state index is 12.2. The number of amides is 1. The lowest BCUT2D eigenvalue weighted by molar-refractivity contribution is -0.122. The fourth-order valence-corrected chi connectivity index (χ4v) is 5.92. The summed E-state index contributed by atoms with van der Waals surface area (Å²) in [6.07, 6.45) is 0.442. The molecule has 0 saturated carbocycles. The van der Waals surface area contributed by atoms with Gasteiger partial charge in [0.15, 0.2) is 6.10 Å². The van der Waals surface area contributed by atoms with Crippen LogP contribution in [0.4, 0.5) is 11.5 Å². The van der Waals surface area contributed by atoms with Gasteiger partial charge in [0, 0.05) is 54.4 Å². The minimum Gasteiger partial charge on any atom is -0.412 e. The number of hydrogen-bond acceptors (Lipinski definition) is 8. The molecule has 198 valence electrons. The topological polar surface area (TPSA) is 186 Å². The predicted octanol–water partition coefficient (Wildman–Crippen LogP) is 0.810. The van der Waals surface area contributed by atoms with Crippen molar-refractivity contribution in [3.63, 3.8) is 0 Å². The third kappa shape index (κ3) is 6.12. The second-order valence-corrected chi connectivity index (χ2v) is 11.1. The second-order valence-electron chi connectivity index (χ2n) is 8.28. The summed E-state index contributed by atoms with van der Waals surface area (Å²) >= 11 is 7.99. The minimum atomic E-state index is -3.78. The molecule has 36 heavy (non-hydrogen) atoms. The number of benzene rings is 2. The van der Waals surface area contributed by atoms with Crippen LogP contribution in [-0.2, 0) is 25.5 Å². The van der Waals surface area contributed by atoms with E-state index in [4.69, 9.17) is 15.8 Å². The van der Waals surface area contributed by atoms with Crippen molar-refractivity contribution in [3.05, 3.63) is 52.5 Å². The molecule has 14 heteroatoms. The number of aromatic nitrogens is 1. The van der Waals surface area contributed by atoms with Gasteiger partial charge in [0.05, 0.1) is 11.0 Å². The zero-order valence-corrected chi connectivity index (χ0v) is 21.8. The van der Waals surface area contributed by atoms with E-state index in [9.17, 15) is 13.2 Å². The Hall–Kier alpha value is -2.36. The highest BCUT2D eigenvalue weighted by atomic mass is 35.5. The van der Waals surface area contributed by atoms with Crippen molar-refractivity contribution < 1.29 is 33.8 Å². The van der Waals surface area contributed by atoms with Gasteiger partial charge in [-0.3, -0.25) is 13.9 Å². The van der Waals surface area contributed by atoms with Crippen LogP contribution in [0.5, 0.6) is 0 Å². The molecule has 3 aromatic rings. The van der Waals surface area contributed by atoms with Gasteiger partial charge in [-0.2, -0.15) is 12.8 Å². The van der Waals surface area contributed by atoms with Gasteiger partial charge in [-0.15, -0.1) is 0 Å². The molecule has 5 rings (SSSR count). The second kappa shape index (κ2) is 11.8. The van der Waals surface area contributed by atoms with Crippen LogP contribution in [0.25, 0.3) is 10.1 Å². The fraction of sp³-hybridized carbons (Fsp3) is 0.364. The van der Waals surface area contributed by atoms with Crippen molar-refractivity contribution >= 4 is 60.8 Å². The van der Waals surface area contributed by atoms with E-state index >= 15 is 0 Å². The largest absolute Gasteiger partial charge is 0.412 e. The Morgan fingerprint density at radius 3 is 2.53 bits per heavy atom. The van der Waals surface area contributed by atoms with E-state index in [1.165, 1.54) is 21.6 Å². The number of carbonyl (C=O) groups is 1. The van der Waals surface area contributed by atoms with Gasteiger partial charge in [-0.25, -0.2) is 0 Å². The van der Waals surface area contributed by atoms with Crippen LogP contribution in [0.15, 0.2) is 36.4 Å². The van der Waals surface area contributed by atoms with Crippen LogP contribution in [0.1, 0.15) is 17.2 Å². The molecule has 1 fully saturated rings. The molecule has 1 amide bonds. The molecular weight excluding hydrogens is 532 g/mol. The molecule has 2 aromatic carbocycles. The average molecular weight is 561 g/mol. The summed E-state index contributed by atoms with van der Waals surface area (Å²) in [5.41, 5.74) is 1.86. The number of hydrogen-bond donors (Lipinski definition) is 1. The Morgan fingerprint density at radius 2 is 1.83 bits per heavy atom. The quantitative estimate of drug-likeness (QED) is 0.432. The van der Waals surface area contributed by atoms with Crippen molar-refractivity contribution in [3.8, 4) is 0 Å². The zero-order chi connectivity index (χ0) is 23.2. The average Bonchev–Trinajstić information content (AvgIpc) is 3.33. The van der Waals surface area contributed by atoms with Crippen molar-refractivity contribution in [2.45, 2.75) is 12.5 Å². The molecule has 3 heterocycles. The molecule has 0 bridgehead atoms. The SMILES string of the molecule is CS(=O)(=O)OC1C(=O)Nc2cc(Cl)c(CCN3CCN(c4nsc5ccccc45)CC3)cc21.O.O.O. The number of piperazine rings is 1. The molecule has 0 radical (unpaired) electrons. The zero-order valence-electron chi connectivity index (χ0n) is 19.5. The maximum absolute atomic E-state index is 12.2. The van der Waals surface area contributed by atoms with Gasteiger partial charge in [0.25, 0.3) is 16.0 Å². The van der Waals surface area contributed by atoms with E-state index < -0.39 is 22.1 Å². The first-order valence-corrected chi connectivity index (χ1v) is 13.6. The maximum Gasteiger partial charge on any atom is 0.265 e. The summed E-state index contributed by atoms with van der Waals surface area (Å²) < 4.78 is 34.0. The van der Waals surface area contributed by atoms with Crippen molar-refractivity contribution in [2.24, 2.45) is 0 Å². The lowest BCUT2D eigenvalue weighted by atomic mass is 10.0. The molecule has 1 atom stereocenters. The summed E-state index contributed by atoms with van der Waals surface area (Å²) in [6, 6.07) is 11.8. The Bertz CT molecular complexity index is 1330. The Kier molecular flexibility index (Phi) is 9.78. The number of anilines is 2. The number of nitrogens with zero attached hydrogens (tertiary/aromatic N) is 3. The van der Waals surface area contributed by atoms with Gasteiger partial charge >= 0.3 is 0 Å². The monoisotopic (exact) mass is 560 g/mol. The van der Waals surface area contributed by atoms with Crippen molar-refractivity contribution in [1.29, 1.82) is 0 Å². The van der Waals surface area contributed by atoms with Gasteiger partial charge in [-0.05, 0) is 47.8 Å². The Morgan fingerprint density at radius 1 is 1.14 bits per heavy atom. The van der Waals surface area contributed by atoms with Crippen molar-refractivity contribution in [1.82, 2.24) is 9.27 Å². The van der Waals surface area contributed by atoms with Crippen LogP contribution in [0, 0.1) is 0 Å². The molecule has 1 saturated heterocycles. The molecule has 0 aliphatic carbocycles. The van der Waals surface area contributed by atoms with E-state index in [-0.39, 0.29) is 16.4 Å². The highest BCUT2D eigenvalue weighted by molar-refractivity contribution is 7.86. The van der Waals surface area contributed by atoms with E-state index in [0.717, 1.165) is 50.4 Å². The van der Waals surface area contributed by atoms with E-state index in [1.807, 2.05) is 12.1 Å². The molecule has 0 spiro atoms. The fourth-order valence-electron chi connectivity index (χ4n) is 4.33. The third-order valence-corrected chi connectivity index (χ3v) is 7.71. The number of carbonyl (C=O) groups excluding carboxylic acids is 1. The number of halogens is 1. The van der Waals surface area contributed by atoms with Gasteiger partial charge in [0.1, 0.15) is 5.82 Å². The Labute approximate surface area is 217 Å². The summed E-state index contributed by atoms with van der Waals surface area (Å²) in [5, 5.41) is 4.39. The summed E-state index contributed by atoms with van der Waals surface area (Å²) in [7, 11) is -3.78. The minimum absolute atomic E-state index is 0. The molecule has 1 aromatic heterocycles. The third-order valence-electron chi connectivity index (χ3n) is 6.00. The lowest BCUT2D eigenvalue weighted by Crippen LogP contribution is -2.47. The Balaban J connectivity index is 0.00000152. The summed E-state index contributed by atoms with van der Waals surface area (Å²) in [4.78, 5) is 16.9. The summed E-state index contributed by atoms with van der Waals surface area (Å²) in [6.45, 7) is 4.42. The lowest BCUT2D eigenvalue weighted by Gasteiger charge is -2.35. The highest BCUT2D eigenvalue weighted by Crippen LogP contribution is 2.38. The van der Waals surface area contributed by atoms with Gasteiger partial charge in [-0.1, -0.05) is 23.7 Å². The first-order valence-electron chi connectivity index (χ1n) is 10.6. The van der Waals surface area contributed by atoms with Crippen LogP contribution < -0.4 is 10.2 Å². The van der Waals surface area contributed by atoms with Crippen molar-refractivity contribution in [2.75, 3.05) is 49.2 Å². The predicted molar refractivity (Wildman–Crippen MR) is 142 cm³/mol. The normalized spacial score (nSPS) is 17.6. The van der Waals surface area contributed by atoms with E-state index in [2.05, 4.69) is 31.6 Å². The van der Waals surface area contributed by atoms with E-state index in [0.29, 0.717) is 22.7 Å². The number of fused-ring (bicyclic) bond motifs is 2.